The van der Waals surface area contributed by atoms with Crippen LogP contribution in [0.2, 0.25) is 5.02 Å². The number of carbonyl (C=O) groups is 1. The zero-order chi connectivity index (χ0) is 21.8. The van der Waals surface area contributed by atoms with Crippen LogP contribution in [-0.2, 0) is 14.8 Å². The lowest BCUT2D eigenvalue weighted by Crippen LogP contribution is -2.41. The number of nitrogens with zero attached hydrogens (tertiary/aromatic N) is 1. The maximum Gasteiger partial charge on any atom is 0.241 e. The summed E-state index contributed by atoms with van der Waals surface area (Å²) in [6.45, 7) is 1.22. The lowest BCUT2D eigenvalue weighted by molar-refractivity contribution is -0.120. The van der Waals surface area contributed by atoms with Crippen molar-refractivity contribution in [3.05, 3.63) is 52.8 Å². The molecule has 0 spiro atoms. The van der Waals surface area contributed by atoms with E-state index < -0.39 is 28.5 Å². The van der Waals surface area contributed by atoms with E-state index in [1.807, 2.05) is 0 Å². The van der Waals surface area contributed by atoms with Crippen LogP contribution in [0.1, 0.15) is 18.5 Å². The molecule has 0 aliphatic rings. The van der Waals surface area contributed by atoms with Crippen molar-refractivity contribution in [1.29, 1.82) is 0 Å². The zero-order valence-corrected chi connectivity index (χ0v) is 18.0. The summed E-state index contributed by atoms with van der Waals surface area (Å²) >= 11 is 6.07. The molecule has 1 unspecified atom stereocenters. The van der Waals surface area contributed by atoms with Crippen LogP contribution in [-0.4, -0.2) is 41.3 Å². The van der Waals surface area contributed by atoms with Gasteiger partial charge >= 0.3 is 0 Å². The molecule has 0 radical (unpaired) electrons. The molecule has 7 nitrogen and oxygen atoms in total. The van der Waals surface area contributed by atoms with E-state index in [2.05, 4.69) is 5.32 Å². The first kappa shape index (κ1) is 22.8. The smallest absolute Gasteiger partial charge is 0.241 e. The third-order valence-electron chi connectivity index (χ3n) is 4.16. The second-order valence-electron chi connectivity index (χ2n) is 6.27. The van der Waals surface area contributed by atoms with Gasteiger partial charge in [-0.25, -0.2) is 12.8 Å². The normalized spacial score (nSPS) is 12.2. The largest absolute Gasteiger partial charge is 0.495 e. The molecule has 158 valence electrons. The number of carbonyl (C=O) groups excluding carboxylic acids is 1. The molecule has 0 aliphatic carbocycles. The third-order valence-corrected chi connectivity index (χ3v) is 5.58. The van der Waals surface area contributed by atoms with Gasteiger partial charge in [-0.05, 0) is 24.6 Å². The number of nitrogens with one attached hydrogen (secondary N) is 1. The second-order valence-corrected chi connectivity index (χ2v) is 8.58. The quantitative estimate of drug-likeness (QED) is 0.676. The molecule has 0 aromatic heterocycles. The van der Waals surface area contributed by atoms with Gasteiger partial charge in [0, 0.05) is 12.1 Å². The molecule has 0 aliphatic heterocycles. The molecule has 0 bridgehead atoms. The molecule has 1 N–H and O–H groups in total. The molecule has 0 fully saturated rings. The Kier molecular flexibility index (Phi) is 7.32. The molecule has 2 aromatic carbocycles. The first-order chi connectivity index (χ1) is 13.6. The number of methoxy groups -OCH3 is 2. The van der Waals surface area contributed by atoms with Gasteiger partial charge in [0.1, 0.15) is 23.9 Å². The fourth-order valence-corrected chi connectivity index (χ4v) is 3.76. The Labute approximate surface area is 174 Å². The topological polar surface area (TPSA) is 84.9 Å². The first-order valence-corrected chi connectivity index (χ1v) is 10.7. The minimum Gasteiger partial charge on any atom is -0.495 e. The van der Waals surface area contributed by atoms with Gasteiger partial charge < -0.3 is 14.8 Å². The molecule has 0 saturated heterocycles. The van der Waals surface area contributed by atoms with E-state index >= 15 is 0 Å². The lowest BCUT2D eigenvalue weighted by Gasteiger charge is -2.25. The highest BCUT2D eigenvalue weighted by molar-refractivity contribution is 7.92. The van der Waals surface area contributed by atoms with Crippen LogP contribution in [0.25, 0.3) is 0 Å². The van der Waals surface area contributed by atoms with Gasteiger partial charge in [-0.1, -0.05) is 23.7 Å². The Morgan fingerprint density at radius 2 is 1.76 bits per heavy atom. The minimum atomic E-state index is -3.85. The number of rotatable bonds is 8. The fraction of sp³-hybridized carbons (Fsp3) is 0.316. The van der Waals surface area contributed by atoms with E-state index in [1.165, 1.54) is 38.5 Å². The van der Waals surface area contributed by atoms with Crippen molar-refractivity contribution < 1.29 is 27.1 Å². The van der Waals surface area contributed by atoms with Gasteiger partial charge in [0.15, 0.2) is 0 Å². The summed E-state index contributed by atoms with van der Waals surface area (Å²) in [7, 11) is -1.10. The van der Waals surface area contributed by atoms with Crippen LogP contribution in [0.5, 0.6) is 11.5 Å². The number of anilines is 1. The highest BCUT2D eigenvalue weighted by Crippen LogP contribution is 2.38. The van der Waals surface area contributed by atoms with Crippen molar-refractivity contribution in [2.75, 3.05) is 31.3 Å². The van der Waals surface area contributed by atoms with E-state index in [-0.39, 0.29) is 28.0 Å². The average Bonchev–Trinajstić information content (AvgIpc) is 2.65. The number of amides is 1. The maximum atomic E-state index is 13.1. The summed E-state index contributed by atoms with van der Waals surface area (Å²) in [5, 5.41) is 2.93. The van der Waals surface area contributed by atoms with Gasteiger partial charge in [-0.3, -0.25) is 9.10 Å². The molecule has 0 heterocycles. The molecule has 1 atom stereocenters. The number of halogens is 2. The molecule has 10 heteroatoms. The predicted molar refractivity (Wildman–Crippen MR) is 110 cm³/mol. The van der Waals surface area contributed by atoms with Crippen LogP contribution in [0.4, 0.5) is 10.1 Å². The van der Waals surface area contributed by atoms with Crippen LogP contribution < -0.4 is 19.1 Å². The summed E-state index contributed by atoms with van der Waals surface area (Å²) in [5.74, 6) is -0.542. The fourth-order valence-electron chi connectivity index (χ4n) is 2.67. The molecular formula is C19H22ClFN2O5S. The van der Waals surface area contributed by atoms with Crippen molar-refractivity contribution in [2.24, 2.45) is 0 Å². The lowest BCUT2D eigenvalue weighted by atomic mass is 10.1. The molecule has 1 amide bonds. The molecule has 2 aromatic rings. The maximum absolute atomic E-state index is 13.1. The average molecular weight is 445 g/mol. The summed E-state index contributed by atoms with van der Waals surface area (Å²) < 4.78 is 49.1. The van der Waals surface area contributed by atoms with E-state index in [1.54, 1.807) is 19.1 Å². The Hall–Kier alpha value is -2.52. The molecule has 2 rings (SSSR count). The SMILES string of the molecule is COc1cc(N(CC(=O)NC(C)c2ccc(F)cc2)S(C)(=O)=O)c(OC)cc1Cl. The highest BCUT2D eigenvalue weighted by atomic mass is 35.5. The van der Waals surface area contributed by atoms with Crippen molar-refractivity contribution in [3.8, 4) is 11.5 Å². The van der Waals surface area contributed by atoms with Crippen LogP contribution in [0.3, 0.4) is 0 Å². The van der Waals surface area contributed by atoms with Crippen molar-refractivity contribution in [2.45, 2.75) is 13.0 Å². The van der Waals surface area contributed by atoms with E-state index in [0.29, 0.717) is 5.56 Å². The Morgan fingerprint density at radius 3 is 2.28 bits per heavy atom. The first-order valence-electron chi connectivity index (χ1n) is 8.51. The van der Waals surface area contributed by atoms with Gasteiger partial charge in [0.05, 0.1) is 37.2 Å². The third kappa shape index (κ3) is 5.74. The number of sulfonamides is 1. The van der Waals surface area contributed by atoms with Crippen molar-refractivity contribution in [3.63, 3.8) is 0 Å². The summed E-state index contributed by atoms with van der Waals surface area (Å²) in [4.78, 5) is 12.6. The monoisotopic (exact) mass is 444 g/mol. The molecule has 29 heavy (non-hydrogen) atoms. The minimum absolute atomic E-state index is 0.112. The standard InChI is InChI=1S/C19H22ClFN2O5S/c1-12(13-5-7-14(21)8-6-13)22-19(24)11-23(29(4,25)26)16-10-17(27-2)15(20)9-18(16)28-3/h5-10,12H,11H2,1-4H3,(H,22,24). The zero-order valence-electron chi connectivity index (χ0n) is 16.4. The Bertz CT molecular complexity index is 983. The van der Waals surface area contributed by atoms with Gasteiger partial charge in [-0.2, -0.15) is 0 Å². The second kappa shape index (κ2) is 9.32. The van der Waals surface area contributed by atoms with Gasteiger partial charge in [0.2, 0.25) is 15.9 Å². The Morgan fingerprint density at radius 1 is 1.17 bits per heavy atom. The number of ether oxygens (including phenoxy) is 2. The van der Waals surface area contributed by atoms with E-state index in [9.17, 15) is 17.6 Å². The summed E-state index contributed by atoms with van der Waals surface area (Å²) in [6.07, 6.45) is 0.976. The van der Waals surface area contributed by atoms with Crippen LogP contribution in [0.15, 0.2) is 36.4 Å². The summed E-state index contributed by atoms with van der Waals surface area (Å²) in [6, 6.07) is 8.00. The van der Waals surface area contributed by atoms with Gasteiger partial charge in [-0.15, -0.1) is 0 Å². The summed E-state index contributed by atoms with van der Waals surface area (Å²) in [5.41, 5.74) is 0.789. The number of benzene rings is 2. The molecular weight excluding hydrogens is 423 g/mol. The number of hydrogen-bond donors (Lipinski definition) is 1. The van der Waals surface area contributed by atoms with Gasteiger partial charge in [0.25, 0.3) is 0 Å². The molecule has 0 saturated carbocycles. The van der Waals surface area contributed by atoms with Crippen molar-refractivity contribution >= 4 is 33.2 Å². The Balaban J connectivity index is 2.30. The van der Waals surface area contributed by atoms with Crippen LogP contribution in [0, 0.1) is 5.82 Å². The van der Waals surface area contributed by atoms with E-state index in [0.717, 1.165) is 10.6 Å². The number of hydrogen-bond acceptors (Lipinski definition) is 5. The predicted octanol–water partition coefficient (Wildman–Crippen LogP) is 3.14. The van der Waals surface area contributed by atoms with E-state index in [4.69, 9.17) is 21.1 Å². The highest BCUT2D eigenvalue weighted by Gasteiger charge is 2.26. The van der Waals surface area contributed by atoms with Crippen LogP contribution >= 0.6 is 11.6 Å². The van der Waals surface area contributed by atoms with Crippen molar-refractivity contribution in [1.82, 2.24) is 5.32 Å².